The Morgan fingerprint density at radius 1 is 1.22 bits per heavy atom. The molecule has 0 N–H and O–H groups in total. The van der Waals surface area contributed by atoms with Gasteiger partial charge in [-0.1, -0.05) is 24.3 Å². The monoisotopic (exact) mass is 317 g/mol. The van der Waals surface area contributed by atoms with Crippen molar-refractivity contribution < 1.29 is 9.59 Å². The van der Waals surface area contributed by atoms with Crippen molar-refractivity contribution in [1.29, 1.82) is 0 Å². The lowest BCUT2D eigenvalue weighted by atomic mass is 9.96. The van der Waals surface area contributed by atoms with Gasteiger partial charge in [-0.15, -0.1) is 0 Å². The maximum Gasteiger partial charge on any atom is 0.319 e. The van der Waals surface area contributed by atoms with Crippen molar-refractivity contribution in [3.63, 3.8) is 0 Å². The molecule has 0 aliphatic carbocycles. The quantitative estimate of drug-likeness (QED) is 0.859. The molecule has 1 aromatic rings. The van der Waals surface area contributed by atoms with Crippen LogP contribution in [0.5, 0.6) is 0 Å². The molecule has 0 spiro atoms. The van der Waals surface area contributed by atoms with Crippen LogP contribution >= 0.6 is 0 Å². The normalized spacial score (nSPS) is 17.7. The summed E-state index contributed by atoms with van der Waals surface area (Å²) in [5.74, 6) is 0.0335. The Morgan fingerprint density at radius 2 is 1.91 bits per heavy atom. The number of urea groups is 1. The fraction of sp³-hybridized carbons (Fsp3) is 0.556. The predicted molar refractivity (Wildman–Crippen MR) is 91.0 cm³/mol. The fourth-order valence-corrected chi connectivity index (χ4v) is 3.07. The minimum Gasteiger partial charge on any atom is -0.341 e. The molecule has 0 saturated carbocycles. The lowest BCUT2D eigenvalue weighted by molar-refractivity contribution is -0.136. The molecule has 0 radical (unpaired) electrons. The van der Waals surface area contributed by atoms with Gasteiger partial charge in [-0.3, -0.25) is 4.79 Å². The van der Waals surface area contributed by atoms with Crippen LogP contribution in [0.4, 0.5) is 4.79 Å². The van der Waals surface area contributed by atoms with Gasteiger partial charge >= 0.3 is 6.03 Å². The van der Waals surface area contributed by atoms with Crippen molar-refractivity contribution in [2.75, 3.05) is 34.2 Å². The minimum atomic E-state index is -0.0957. The average Bonchev–Trinajstić information content (AvgIpc) is 2.55. The van der Waals surface area contributed by atoms with Gasteiger partial charge in [0, 0.05) is 40.8 Å². The fourth-order valence-electron chi connectivity index (χ4n) is 3.07. The van der Waals surface area contributed by atoms with Crippen molar-refractivity contribution in [3.8, 4) is 0 Å². The molecule has 1 aliphatic heterocycles. The minimum absolute atomic E-state index is 0.0101. The largest absolute Gasteiger partial charge is 0.341 e. The number of carbonyl (C=O) groups is 2. The molecule has 0 aromatic heterocycles. The van der Waals surface area contributed by atoms with Gasteiger partial charge in [0.2, 0.25) is 5.91 Å². The van der Waals surface area contributed by atoms with Crippen LogP contribution in [0.1, 0.15) is 24.0 Å². The van der Waals surface area contributed by atoms with Gasteiger partial charge in [-0.05, 0) is 30.9 Å². The van der Waals surface area contributed by atoms with Crippen LogP contribution in [0.3, 0.4) is 0 Å². The first-order valence-electron chi connectivity index (χ1n) is 8.16. The second-order valence-electron chi connectivity index (χ2n) is 6.58. The maximum absolute atomic E-state index is 12.7. The molecular weight excluding hydrogens is 290 g/mol. The van der Waals surface area contributed by atoms with Gasteiger partial charge in [0.15, 0.2) is 0 Å². The van der Waals surface area contributed by atoms with E-state index in [0.717, 1.165) is 19.4 Å². The zero-order valence-corrected chi connectivity index (χ0v) is 14.6. The highest BCUT2D eigenvalue weighted by Crippen LogP contribution is 2.20. The van der Waals surface area contributed by atoms with E-state index in [1.807, 2.05) is 19.2 Å². The highest BCUT2D eigenvalue weighted by Gasteiger charge is 2.30. The summed E-state index contributed by atoms with van der Waals surface area (Å²) in [6, 6.07) is 8.11. The molecule has 23 heavy (non-hydrogen) atoms. The van der Waals surface area contributed by atoms with Crippen molar-refractivity contribution in [2.45, 2.75) is 26.3 Å². The topological polar surface area (TPSA) is 43.9 Å². The molecule has 3 amide bonds. The average molecular weight is 317 g/mol. The number of aryl methyl sites for hydroxylation is 1. The van der Waals surface area contributed by atoms with Gasteiger partial charge in [-0.2, -0.15) is 0 Å². The Balaban J connectivity index is 1.99. The molecule has 1 heterocycles. The molecule has 1 aliphatic rings. The summed E-state index contributed by atoms with van der Waals surface area (Å²) in [5, 5.41) is 0. The van der Waals surface area contributed by atoms with E-state index in [2.05, 4.69) is 19.1 Å². The smallest absolute Gasteiger partial charge is 0.319 e. The summed E-state index contributed by atoms with van der Waals surface area (Å²) in [7, 11) is 5.34. The van der Waals surface area contributed by atoms with Gasteiger partial charge in [0.25, 0.3) is 0 Å². The zero-order chi connectivity index (χ0) is 17.0. The second-order valence-corrected chi connectivity index (χ2v) is 6.58. The summed E-state index contributed by atoms with van der Waals surface area (Å²) >= 11 is 0. The third-order valence-corrected chi connectivity index (χ3v) is 4.47. The Labute approximate surface area is 138 Å². The lowest BCUT2D eigenvalue weighted by Crippen LogP contribution is -2.48. The molecule has 0 bridgehead atoms. The molecule has 5 heteroatoms. The molecular formula is C18H27N3O2. The summed E-state index contributed by atoms with van der Waals surface area (Å²) in [6.07, 6.45) is 1.74. The van der Waals surface area contributed by atoms with Gasteiger partial charge in [0.1, 0.15) is 0 Å². The molecule has 5 nitrogen and oxygen atoms in total. The van der Waals surface area contributed by atoms with E-state index in [9.17, 15) is 9.59 Å². The number of carbonyl (C=O) groups excluding carboxylic acids is 2. The third-order valence-electron chi connectivity index (χ3n) is 4.47. The van der Waals surface area contributed by atoms with Crippen molar-refractivity contribution in [3.05, 3.63) is 35.4 Å². The molecule has 126 valence electrons. The van der Waals surface area contributed by atoms with Gasteiger partial charge in [0.05, 0.1) is 5.92 Å². The summed E-state index contributed by atoms with van der Waals surface area (Å²) < 4.78 is 0. The van der Waals surface area contributed by atoms with Crippen LogP contribution in [-0.4, -0.2) is 60.9 Å². The van der Waals surface area contributed by atoms with Crippen LogP contribution < -0.4 is 0 Å². The van der Waals surface area contributed by atoms with Crippen LogP contribution in [0.15, 0.2) is 24.3 Å². The van der Waals surface area contributed by atoms with E-state index in [4.69, 9.17) is 0 Å². The van der Waals surface area contributed by atoms with E-state index in [-0.39, 0.29) is 17.9 Å². The Bertz CT molecular complexity index is 571. The number of hydrogen-bond acceptors (Lipinski definition) is 2. The first kappa shape index (κ1) is 17.3. The SMILES string of the molecule is Cc1ccccc1CN(C)C(=O)[C@@H]1CCCN(C(=O)N(C)C)C1. The van der Waals surface area contributed by atoms with Crippen molar-refractivity contribution in [1.82, 2.24) is 14.7 Å². The van der Waals surface area contributed by atoms with Crippen LogP contribution in [0.25, 0.3) is 0 Å². The third kappa shape index (κ3) is 4.24. The molecule has 1 saturated heterocycles. The first-order valence-corrected chi connectivity index (χ1v) is 8.16. The predicted octanol–water partition coefficient (Wildman–Crippen LogP) is 2.35. The van der Waals surface area contributed by atoms with E-state index in [0.29, 0.717) is 13.1 Å². The number of rotatable bonds is 3. The van der Waals surface area contributed by atoms with Gasteiger partial charge < -0.3 is 14.7 Å². The van der Waals surface area contributed by atoms with Gasteiger partial charge in [-0.25, -0.2) is 4.79 Å². The van der Waals surface area contributed by atoms with Crippen molar-refractivity contribution in [2.24, 2.45) is 5.92 Å². The molecule has 1 atom stereocenters. The number of amides is 3. The van der Waals surface area contributed by atoms with E-state index in [1.54, 1.807) is 28.8 Å². The summed E-state index contributed by atoms with van der Waals surface area (Å²) in [5.41, 5.74) is 2.36. The molecule has 1 fully saturated rings. The van der Waals surface area contributed by atoms with E-state index in [1.165, 1.54) is 11.1 Å². The second kappa shape index (κ2) is 7.49. The number of likely N-dealkylation sites (tertiary alicyclic amines) is 1. The lowest BCUT2D eigenvalue weighted by Gasteiger charge is -2.35. The van der Waals surface area contributed by atoms with E-state index < -0.39 is 0 Å². The number of piperidine rings is 1. The van der Waals surface area contributed by atoms with Crippen molar-refractivity contribution >= 4 is 11.9 Å². The standard InChI is InChI=1S/C18H27N3O2/c1-14-8-5-6-9-15(14)12-20(4)17(22)16-10-7-11-21(13-16)18(23)19(2)3/h5-6,8-9,16H,7,10-13H2,1-4H3/t16-/m1/s1. The Kier molecular flexibility index (Phi) is 5.64. The Morgan fingerprint density at radius 3 is 2.57 bits per heavy atom. The number of hydrogen-bond donors (Lipinski definition) is 0. The molecule has 2 rings (SSSR count). The molecule has 1 aromatic carbocycles. The zero-order valence-electron chi connectivity index (χ0n) is 14.6. The first-order chi connectivity index (χ1) is 10.9. The summed E-state index contributed by atoms with van der Waals surface area (Å²) in [6.45, 7) is 3.94. The number of nitrogens with zero attached hydrogens (tertiary/aromatic N) is 3. The molecule has 0 unspecified atom stereocenters. The van der Waals surface area contributed by atoms with Crippen LogP contribution in [-0.2, 0) is 11.3 Å². The number of benzene rings is 1. The van der Waals surface area contributed by atoms with Crippen LogP contribution in [0, 0.1) is 12.8 Å². The van der Waals surface area contributed by atoms with E-state index >= 15 is 0 Å². The summed E-state index contributed by atoms with van der Waals surface area (Å²) in [4.78, 5) is 30.0. The van der Waals surface area contributed by atoms with Crippen LogP contribution in [0.2, 0.25) is 0 Å². The highest BCUT2D eigenvalue weighted by atomic mass is 16.2. The maximum atomic E-state index is 12.7. The highest BCUT2D eigenvalue weighted by molar-refractivity contribution is 5.80. The Hall–Kier alpha value is -2.04.